The number of furan rings is 1. The molecule has 1 fully saturated rings. The summed E-state index contributed by atoms with van der Waals surface area (Å²) in [6.07, 6.45) is 2.37. The van der Waals surface area contributed by atoms with Gasteiger partial charge in [-0.1, -0.05) is 19.1 Å². The molecule has 1 saturated carbocycles. The highest BCUT2D eigenvalue weighted by atomic mass is 16.4. The van der Waals surface area contributed by atoms with E-state index in [4.69, 9.17) is 4.42 Å². The van der Waals surface area contributed by atoms with Crippen LogP contribution < -0.4 is 0 Å². The highest BCUT2D eigenvalue weighted by Crippen LogP contribution is 2.48. The molecule has 0 spiro atoms. The number of aromatic amines is 1. The van der Waals surface area contributed by atoms with Gasteiger partial charge < -0.3 is 14.5 Å². The van der Waals surface area contributed by atoms with Gasteiger partial charge in [-0.25, -0.2) is 0 Å². The molecule has 1 aliphatic rings. The molecule has 3 heteroatoms. The lowest BCUT2D eigenvalue weighted by atomic mass is 10.0. The van der Waals surface area contributed by atoms with Crippen molar-refractivity contribution in [2.45, 2.75) is 25.4 Å². The standard InChI is InChI=1S/C17H17NO2/c1-10-9-13(10)15-5-6-16(20-15)17(19)12-3-2-4-14-11(12)7-8-18-14/h2-8,10,13,17-19H,9H2,1H3. The molecule has 4 rings (SSSR count). The van der Waals surface area contributed by atoms with E-state index in [1.807, 2.05) is 42.6 Å². The van der Waals surface area contributed by atoms with Gasteiger partial charge in [0.1, 0.15) is 17.6 Å². The van der Waals surface area contributed by atoms with E-state index >= 15 is 0 Å². The summed E-state index contributed by atoms with van der Waals surface area (Å²) in [6.45, 7) is 2.23. The normalized spacial score (nSPS) is 23.1. The van der Waals surface area contributed by atoms with Crippen molar-refractivity contribution in [3.05, 3.63) is 59.7 Å². The van der Waals surface area contributed by atoms with Crippen molar-refractivity contribution in [1.29, 1.82) is 0 Å². The molecule has 3 unspecified atom stereocenters. The molecule has 2 heterocycles. The van der Waals surface area contributed by atoms with Crippen LogP contribution in [0.15, 0.2) is 47.0 Å². The summed E-state index contributed by atoms with van der Waals surface area (Å²) < 4.78 is 5.86. The minimum atomic E-state index is -0.711. The van der Waals surface area contributed by atoms with Gasteiger partial charge in [-0.05, 0) is 42.2 Å². The van der Waals surface area contributed by atoms with Crippen LogP contribution in [-0.2, 0) is 0 Å². The van der Waals surface area contributed by atoms with Crippen LogP contribution in [0.4, 0.5) is 0 Å². The molecule has 1 aromatic carbocycles. The molecule has 1 aliphatic carbocycles. The van der Waals surface area contributed by atoms with Gasteiger partial charge in [0, 0.05) is 23.0 Å². The smallest absolute Gasteiger partial charge is 0.137 e. The maximum Gasteiger partial charge on any atom is 0.137 e. The Balaban J connectivity index is 1.71. The Bertz CT molecular complexity index is 755. The zero-order valence-electron chi connectivity index (χ0n) is 11.3. The van der Waals surface area contributed by atoms with Gasteiger partial charge >= 0.3 is 0 Å². The van der Waals surface area contributed by atoms with Crippen molar-refractivity contribution in [2.24, 2.45) is 5.92 Å². The number of aromatic nitrogens is 1. The number of hydrogen-bond acceptors (Lipinski definition) is 2. The van der Waals surface area contributed by atoms with Crippen LogP contribution in [-0.4, -0.2) is 10.1 Å². The molecule has 0 amide bonds. The van der Waals surface area contributed by atoms with E-state index in [0.29, 0.717) is 17.6 Å². The second kappa shape index (κ2) is 4.25. The van der Waals surface area contributed by atoms with Gasteiger partial charge in [-0.2, -0.15) is 0 Å². The largest absolute Gasteiger partial charge is 0.463 e. The van der Waals surface area contributed by atoms with E-state index in [2.05, 4.69) is 11.9 Å². The lowest BCUT2D eigenvalue weighted by Crippen LogP contribution is -1.98. The molecule has 3 atom stereocenters. The first-order valence-corrected chi connectivity index (χ1v) is 7.08. The van der Waals surface area contributed by atoms with Crippen LogP contribution in [0.5, 0.6) is 0 Å². The topological polar surface area (TPSA) is 49.2 Å². The Hall–Kier alpha value is -2.00. The molecule has 3 aromatic rings. The van der Waals surface area contributed by atoms with Crippen molar-refractivity contribution in [3.63, 3.8) is 0 Å². The molecule has 0 radical (unpaired) electrons. The monoisotopic (exact) mass is 267 g/mol. The van der Waals surface area contributed by atoms with Crippen molar-refractivity contribution in [1.82, 2.24) is 4.98 Å². The average molecular weight is 267 g/mol. The molecule has 0 saturated heterocycles. The Morgan fingerprint density at radius 2 is 2.10 bits per heavy atom. The van der Waals surface area contributed by atoms with Crippen molar-refractivity contribution < 1.29 is 9.52 Å². The molecule has 20 heavy (non-hydrogen) atoms. The Morgan fingerprint density at radius 3 is 2.90 bits per heavy atom. The minimum Gasteiger partial charge on any atom is -0.463 e. The predicted octanol–water partition coefficient (Wildman–Crippen LogP) is 3.97. The molecule has 0 aliphatic heterocycles. The van der Waals surface area contributed by atoms with Crippen molar-refractivity contribution >= 4 is 10.9 Å². The summed E-state index contributed by atoms with van der Waals surface area (Å²) in [6, 6.07) is 11.8. The number of hydrogen-bond donors (Lipinski definition) is 2. The number of benzene rings is 1. The van der Waals surface area contributed by atoms with Gasteiger partial charge in [0.15, 0.2) is 0 Å². The molecule has 2 N–H and O–H groups in total. The molecule has 0 bridgehead atoms. The molecular weight excluding hydrogens is 250 g/mol. The summed E-state index contributed by atoms with van der Waals surface area (Å²) in [7, 11) is 0. The maximum atomic E-state index is 10.6. The van der Waals surface area contributed by atoms with E-state index in [-0.39, 0.29) is 0 Å². The van der Waals surface area contributed by atoms with Crippen molar-refractivity contribution in [2.75, 3.05) is 0 Å². The molecule has 3 nitrogen and oxygen atoms in total. The summed E-state index contributed by atoms with van der Waals surface area (Å²) in [4.78, 5) is 3.16. The lowest BCUT2D eigenvalue weighted by molar-refractivity contribution is 0.188. The van der Waals surface area contributed by atoms with Gasteiger partial charge in [0.25, 0.3) is 0 Å². The third-order valence-electron chi connectivity index (χ3n) is 4.32. The summed E-state index contributed by atoms with van der Waals surface area (Å²) in [5.74, 6) is 2.89. The molecule has 2 aromatic heterocycles. The first-order chi connectivity index (χ1) is 9.74. The van der Waals surface area contributed by atoms with Crippen LogP contribution in [0.25, 0.3) is 10.9 Å². The van der Waals surface area contributed by atoms with Crippen LogP contribution in [0.3, 0.4) is 0 Å². The van der Waals surface area contributed by atoms with Crippen LogP contribution in [0.1, 0.15) is 42.5 Å². The number of rotatable bonds is 3. The fraction of sp³-hybridized carbons (Fsp3) is 0.294. The number of H-pyrrole nitrogens is 1. The third-order valence-corrected chi connectivity index (χ3v) is 4.32. The minimum absolute atomic E-state index is 0.541. The van der Waals surface area contributed by atoms with E-state index in [1.54, 1.807) is 0 Å². The van der Waals surface area contributed by atoms with Crippen LogP contribution in [0, 0.1) is 5.92 Å². The van der Waals surface area contributed by atoms with E-state index in [1.165, 1.54) is 6.42 Å². The van der Waals surface area contributed by atoms with Gasteiger partial charge in [0.2, 0.25) is 0 Å². The zero-order valence-corrected chi connectivity index (χ0v) is 11.3. The summed E-state index contributed by atoms with van der Waals surface area (Å²) >= 11 is 0. The summed E-state index contributed by atoms with van der Waals surface area (Å²) in [5.41, 5.74) is 1.91. The lowest BCUT2D eigenvalue weighted by Gasteiger charge is -2.09. The Kier molecular flexibility index (Phi) is 2.51. The number of aliphatic hydroxyl groups excluding tert-OH is 1. The first kappa shape index (κ1) is 11.8. The van der Waals surface area contributed by atoms with Gasteiger partial charge in [0.05, 0.1) is 0 Å². The highest BCUT2D eigenvalue weighted by molar-refractivity contribution is 5.83. The molecule has 102 valence electrons. The maximum absolute atomic E-state index is 10.6. The number of aliphatic hydroxyl groups is 1. The zero-order chi connectivity index (χ0) is 13.7. The van der Waals surface area contributed by atoms with Crippen LogP contribution in [0.2, 0.25) is 0 Å². The first-order valence-electron chi connectivity index (χ1n) is 7.08. The second-order valence-corrected chi connectivity index (χ2v) is 5.75. The quantitative estimate of drug-likeness (QED) is 0.754. The van der Waals surface area contributed by atoms with Gasteiger partial charge in [-0.15, -0.1) is 0 Å². The number of fused-ring (bicyclic) bond motifs is 1. The third kappa shape index (κ3) is 1.78. The SMILES string of the molecule is CC1CC1c1ccc(C(O)c2cccc3[nH]ccc23)o1. The number of nitrogens with one attached hydrogen (secondary N) is 1. The van der Waals surface area contributed by atoms with Gasteiger partial charge in [-0.3, -0.25) is 0 Å². The second-order valence-electron chi connectivity index (χ2n) is 5.75. The Labute approximate surface area is 117 Å². The van der Waals surface area contributed by atoms with Crippen molar-refractivity contribution in [3.8, 4) is 0 Å². The van der Waals surface area contributed by atoms with E-state index in [0.717, 1.165) is 22.2 Å². The highest BCUT2D eigenvalue weighted by Gasteiger charge is 2.37. The van der Waals surface area contributed by atoms with E-state index in [9.17, 15) is 5.11 Å². The fourth-order valence-electron chi connectivity index (χ4n) is 2.93. The predicted molar refractivity (Wildman–Crippen MR) is 77.6 cm³/mol. The van der Waals surface area contributed by atoms with E-state index < -0.39 is 6.10 Å². The Morgan fingerprint density at radius 1 is 1.25 bits per heavy atom. The average Bonchev–Trinajstić information content (AvgIpc) is 2.90. The summed E-state index contributed by atoms with van der Waals surface area (Å²) in [5, 5.41) is 11.6. The fourth-order valence-corrected chi connectivity index (χ4v) is 2.93. The van der Waals surface area contributed by atoms with Crippen LogP contribution >= 0.6 is 0 Å². The molecular formula is C17H17NO2.